The summed E-state index contributed by atoms with van der Waals surface area (Å²) in [5.41, 5.74) is 1.04. The van der Waals surface area contributed by atoms with Crippen molar-refractivity contribution in [2.45, 2.75) is 38.1 Å². The third-order valence-electron chi connectivity index (χ3n) is 5.61. The molecular weight excluding hydrogens is 323 g/mol. The first-order valence-corrected chi connectivity index (χ1v) is 8.96. The molecule has 1 aromatic rings. The minimum absolute atomic E-state index is 0.00606. The first-order chi connectivity index (χ1) is 12.0. The van der Waals surface area contributed by atoms with Gasteiger partial charge >= 0.3 is 5.97 Å². The van der Waals surface area contributed by atoms with E-state index in [1.807, 2.05) is 11.8 Å². The second-order valence-corrected chi connectivity index (χ2v) is 7.15. The predicted molar refractivity (Wildman–Crippen MR) is 91.7 cm³/mol. The van der Waals surface area contributed by atoms with Crippen LogP contribution < -0.4 is 0 Å². The number of carboxylic acids is 1. The van der Waals surface area contributed by atoms with E-state index in [0.29, 0.717) is 26.2 Å². The van der Waals surface area contributed by atoms with E-state index in [0.717, 1.165) is 18.4 Å². The maximum atomic E-state index is 13.1. The fourth-order valence-electron chi connectivity index (χ4n) is 3.90. The Balaban J connectivity index is 1.54. The molecule has 2 aliphatic rings. The Bertz CT molecular complexity index is 626. The molecule has 0 spiro atoms. The lowest BCUT2D eigenvalue weighted by molar-refractivity contribution is -0.143. The molecule has 6 heteroatoms. The van der Waals surface area contributed by atoms with Crippen molar-refractivity contribution in [3.05, 3.63) is 35.6 Å². The first-order valence-electron chi connectivity index (χ1n) is 8.96. The van der Waals surface area contributed by atoms with Gasteiger partial charge in [-0.05, 0) is 43.4 Å². The van der Waals surface area contributed by atoms with Crippen molar-refractivity contribution in [1.82, 2.24) is 9.80 Å². The molecule has 2 fully saturated rings. The summed E-state index contributed by atoms with van der Waals surface area (Å²) in [6, 6.07) is 6.47. The minimum atomic E-state index is -0.789. The van der Waals surface area contributed by atoms with Gasteiger partial charge in [0.2, 0.25) is 5.91 Å². The van der Waals surface area contributed by atoms with Crippen molar-refractivity contribution in [3.8, 4) is 0 Å². The highest BCUT2D eigenvalue weighted by Crippen LogP contribution is 2.43. The average molecular weight is 348 g/mol. The number of piperazine rings is 1. The van der Waals surface area contributed by atoms with Gasteiger partial charge in [-0.25, -0.2) is 4.39 Å². The lowest BCUT2D eigenvalue weighted by Crippen LogP contribution is -2.54. The van der Waals surface area contributed by atoms with Crippen LogP contribution in [-0.4, -0.2) is 59.0 Å². The SMILES string of the molecule is CC(CC(=O)O)N1CCN(C(=O)C2CCC2c2ccc(F)cc2)CC1. The lowest BCUT2D eigenvalue weighted by atomic mass is 9.69. The van der Waals surface area contributed by atoms with Crippen molar-refractivity contribution in [1.29, 1.82) is 0 Å². The van der Waals surface area contributed by atoms with Gasteiger partial charge in [-0.1, -0.05) is 12.1 Å². The average Bonchev–Trinajstić information content (AvgIpc) is 2.55. The fourth-order valence-corrected chi connectivity index (χ4v) is 3.90. The van der Waals surface area contributed by atoms with Gasteiger partial charge in [-0.2, -0.15) is 0 Å². The lowest BCUT2D eigenvalue weighted by Gasteiger charge is -2.43. The van der Waals surface area contributed by atoms with Gasteiger partial charge in [0.1, 0.15) is 5.82 Å². The van der Waals surface area contributed by atoms with E-state index in [4.69, 9.17) is 5.11 Å². The van der Waals surface area contributed by atoms with Crippen LogP contribution in [0.3, 0.4) is 0 Å². The first kappa shape index (κ1) is 17.9. The molecule has 25 heavy (non-hydrogen) atoms. The topological polar surface area (TPSA) is 60.9 Å². The zero-order valence-electron chi connectivity index (χ0n) is 14.5. The van der Waals surface area contributed by atoms with Crippen LogP contribution in [0.2, 0.25) is 0 Å². The maximum absolute atomic E-state index is 13.1. The molecule has 136 valence electrons. The molecule has 1 aromatic carbocycles. The smallest absolute Gasteiger partial charge is 0.304 e. The predicted octanol–water partition coefficient (Wildman–Crippen LogP) is 2.33. The summed E-state index contributed by atoms with van der Waals surface area (Å²) in [6.07, 6.45) is 1.98. The van der Waals surface area contributed by atoms with E-state index < -0.39 is 5.97 Å². The molecule has 1 heterocycles. The summed E-state index contributed by atoms with van der Waals surface area (Å²) in [6.45, 7) is 4.65. The molecule has 0 aromatic heterocycles. The zero-order chi connectivity index (χ0) is 18.0. The van der Waals surface area contributed by atoms with Crippen molar-refractivity contribution in [3.63, 3.8) is 0 Å². The second kappa shape index (κ2) is 7.52. The standard InChI is InChI=1S/C19H25FN2O3/c1-13(12-18(23)24)21-8-10-22(11-9-21)19(25)17-7-6-16(17)14-2-4-15(20)5-3-14/h2-5,13,16-17H,6-12H2,1H3,(H,23,24). The molecule has 1 aliphatic carbocycles. The van der Waals surface area contributed by atoms with Gasteiger partial charge in [0.25, 0.3) is 0 Å². The number of amides is 1. The number of hydrogen-bond acceptors (Lipinski definition) is 3. The molecule has 0 radical (unpaired) electrons. The Kier molecular flexibility index (Phi) is 5.37. The van der Waals surface area contributed by atoms with Crippen LogP contribution >= 0.6 is 0 Å². The number of rotatable bonds is 5. The number of halogens is 1. The number of aliphatic carboxylic acids is 1. The highest BCUT2D eigenvalue weighted by molar-refractivity contribution is 5.81. The molecule has 3 rings (SSSR count). The Hall–Kier alpha value is -1.95. The summed E-state index contributed by atoms with van der Waals surface area (Å²) in [7, 11) is 0. The molecule has 3 unspecified atom stereocenters. The molecule has 3 atom stereocenters. The summed E-state index contributed by atoms with van der Waals surface area (Å²) in [5.74, 6) is -0.670. The van der Waals surface area contributed by atoms with Gasteiger partial charge < -0.3 is 10.0 Å². The van der Waals surface area contributed by atoms with Gasteiger partial charge in [0.05, 0.1) is 6.42 Å². The highest BCUT2D eigenvalue weighted by Gasteiger charge is 2.40. The van der Waals surface area contributed by atoms with Crippen LogP contribution in [-0.2, 0) is 9.59 Å². The second-order valence-electron chi connectivity index (χ2n) is 7.15. The van der Waals surface area contributed by atoms with Crippen LogP contribution in [0.15, 0.2) is 24.3 Å². The van der Waals surface area contributed by atoms with E-state index in [-0.39, 0.29) is 36.0 Å². The van der Waals surface area contributed by atoms with Gasteiger partial charge in [0, 0.05) is 38.1 Å². The molecule has 1 saturated carbocycles. The molecule has 1 amide bonds. The monoisotopic (exact) mass is 348 g/mol. The highest BCUT2D eigenvalue weighted by atomic mass is 19.1. The van der Waals surface area contributed by atoms with Crippen molar-refractivity contribution in [2.24, 2.45) is 5.92 Å². The Morgan fingerprint density at radius 2 is 1.80 bits per heavy atom. The quantitative estimate of drug-likeness (QED) is 0.887. The molecule has 1 N–H and O–H groups in total. The molecule has 1 saturated heterocycles. The third-order valence-corrected chi connectivity index (χ3v) is 5.61. The number of nitrogens with zero attached hydrogens (tertiary/aromatic N) is 2. The summed E-state index contributed by atoms with van der Waals surface area (Å²) in [4.78, 5) is 27.7. The van der Waals surface area contributed by atoms with Crippen LogP contribution in [0.5, 0.6) is 0 Å². The molecular formula is C19H25FN2O3. The van der Waals surface area contributed by atoms with E-state index in [1.54, 1.807) is 12.1 Å². The molecule has 5 nitrogen and oxygen atoms in total. The number of carbonyl (C=O) groups is 2. The molecule has 1 aliphatic heterocycles. The third kappa shape index (κ3) is 4.00. The van der Waals surface area contributed by atoms with Crippen LogP contribution in [0.1, 0.15) is 37.7 Å². The van der Waals surface area contributed by atoms with Gasteiger partial charge in [0.15, 0.2) is 0 Å². The van der Waals surface area contributed by atoms with Crippen molar-refractivity contribution in [2.75, 3.05) is 26.2 Å². The number of hydrogen-bond donors (Lipinski definition) is 1. The van der Waals surface area contributed by atoms with Crippen molar-refractivity contribution >= 4 is 11.9 Å². The molecule has 0 bridgehead atoms. The Morgan fingerprint density at radius 3 is 2.32 bits per heavy atom. The number of carbonyl (C=O) groups excluding carboxylic acids is 1. The van der Waals surface area contributed by atoms with E-state index in [9.17, 15) is 14.0 Å². The van der Waals surface area contributed by atoms with Crippen LogP contribution in [0.4, 0.5) is 4.39 Å². The van der Waals surface area contributed by atoms with Crippen LogP contribution in [0.25, 0.3) is 0 Å². The maximum Gasteiger partial charge on any atom is 0.304 e. The zero-order valence-corrected chi connectivity index (χ0v) is 14.5. The minimum Gasteiger partial charge on any atom is -0.481 e. The Morgan fingerprint density at radius 1 is 1.16 bits per heavy atom. The van der Waals surface area contributed by atoms with Crippen LogP contribution in [0, 0.1) is 11.7 Å². The summed E-state index contributed by atoms with van der Waals surface area (Å²) < 4.78 is 13.1. The summed E-state index contributed by atoms with van der Waals surface area (Å²) in [5, 5.41) is 8.91. The van der Waals surface area contributed by atoms with E-state index >= 15 is 0 Å². The summed E-state index contributed by atoms with van der Waals surface area (Å²) >= 11 is 0. The largest absolute Gasteiger partial charge is 0.481 e. The normalized spacial score (nSPS) is 25.3. The Labute approximate surface area is 147 Å². The van der Waals surface area contributed by atoms with E-state index in [2.05, 4.69) is 4.90 Å². The van der Waals surface area contributed by atoms with Gasteiger partial charge in [-0.3, -0.25) is 14.5 Å². The van der Waals surface area contributed by atoms with Gasteiger partial charge in [-0.15, -0.1) is 0 Å². The fraction of sp³-hybridized carbons (Fsp3) is 0.579. The van der Waals surface area contributed by atoms with Crippen molar-refractivity contribution < 1.29 is 19.1 Å². The number of carboxylic acid groups (broad SMARTS) is 1. The number of benzene rings is 1. The van der Waals surface area contributed by atoms with E-state index in [1.165, 1.54) is 12.1 Å².